The van der Waals surface area contributed by atoms with E-state index >= 15 is 0 Å². The minimum atomic E-state index is 0.558. The first kappa shape index (κ1) is 11.2. The predicted molar refractivity (Wildman–Crippen MR) is 70.8 cm³/mol. The first-order valence-corrected chi connectivity index (χ1v) is 6.93. The van der Waals surface area contributed by atoms with Gasteiger partial charge in [-0.1, -0.05) is 37.6 Å². The first-order valence-electron chi connectivity index (χ1n) is 6.93. The highest BCUT2D eigenvalue weighted by Gasteiger charge is 2.37. The number of hydrogen-bond acceptors (Lipinski definition) is 2. The Bertz CT molecular complexity index is 388. The Morgan fingerprint density at radius 2 is 2.24 bits per heavy atom. The highest BCUT2D eigenvalue weighted by atomic mass is 15.0. The minimum absolute atomic E-state index is 0.558. The van der Waals surface area contributed by atoms with Crippen LogP contribution in [-0.2, 0) is 6.54 Å². The molecule has 1 saturated carbocycles. The lowest BCUT2D eigenvalue weighted by atomic mass is 9.99. The van der Waals surface area contributed by atoms with Gasteiger partial charge in [0, 0.05) is 18.6 Å². The lowest BCUT2D eigenvalue weighted by molar-refractivity contribution is 0.477. The highest BCUT2D eigenvalue weighted by molar-refractivity contribution is 5.31. The van der Waals surface area contributed by atoms with E-state index in [0.29, 0.717) is 6.04 Å². The van der Waals surface area contributed by atoms with Gasteiger partial charge < -0.3 is 10.6 Å². The quantitative estimate of drug-likeness (QED) is 0.834. The van der Waals surface area contributed by atoms with Gasteiger partial charge in [-0.2, -0.15) is 0 Å². The zero-order valence-corrected chi connectivity index (χ0v) is 10.6. The van der Waals surface area contributed by atoms with Gasteiger partial charge in [-0.3, -0.25) is 0 Å². The smallest absolute Gasteiger partial charge is 0.0338 e. The molecule has 3 rings (SSSR count). The molecule has 92 valence electrons. The first-order chi connectivity index (χ1) is 8.38. The fourth-order valence-electron chi connectivity index (χ4n) is 2.99. The molecule has 2 N–H and O–H groups in total. The Morgan fingerprint density at radius 1 is 1.35 bits per heavy atom. The molecule has 1 aliphatic heterocycles. The molecule has 1 heterocycles. The molecule has 2 heteroatoms. The third kappa shape index (κ3) is 2.38. The number of nitrogens with one attached hydrogen (secondary N) is 2. The van der Waals surface area contributed by atoms with Crippen LogP contribution in [0.2, 0.25) is 0 Å². The van der Waals surface area contributed by atoms with Crippen LogP contribution < -0.4 is 10.6 Å². The van der Waals surface area contributed by atoms with E-state index in [1.165, 1.54) is 30.4 Å². The third-order valence-corrected chi connectivity index (χ3v) is 4.22. The van der Waals surface area contributed by atoms with Crippen LogP contribution in [-0.4, -0.2) is 12.6 Å². The largest absolute Gasteiger partial charge is 0.313 e. The van der Waals surface area contributed by atoms with E-state index in [9.17, 15) is 0 Å². The number of hydrogen-bond donors (Lipinski definition) is 2. The van der Waals surface area contributed by atoms with Crippen LogP contribution in [0.4, 0.5) is 0 Å². The van der Waals surface area contributed by atoms with Crippen molar-refractivity contribution in [1.29, 1.82) is 0 Å². The van der Waals surface area contributed by atoms with Crippen LogP contribution in [0.15, 0.2) is 24.3 Å². The Morgan fingerprint density at radius 3 is 3.06 bits per heavy atom. The van der Waals surface area contributed by atoms with E-state index in [2.05, 4.69) is 41.8 Å². The molecule has 0 spiro atoms. The van der Waals surface area contributed by atoms with Crippen molar-refractivity contribution in [3.8, 4) is 0 Å². The molecule has 3 atom stereocenters. The number of fused-ring (bicyclic) bond motifs is 1. The zero-order chi connectivity index (χ0) is 11.7. The summed E-state index contributed by atoms with van der Waals surface area (Å²) in [6.07, 6.45) is 3.91. The van der Waals surface area contributed by atoms with Crippen molar-refractivity contribution >= 4 is 0 Å². The monoisotopic (exact) mass is 230 g/mol. The van der Waals surface area contributed by atoms with E-state index in [-0.39, 0.29) is 0 Å². The lowest BCUT2D eigenvalue weighted by Crippen LogP contribution is -2.26. The standard InChI is InChI=1S/C15H22N2/c1-2-11-9-15(11)17-14-7-8-16-10-12-5-3-4-6-13(12)14/h3-6,11,14-17H,2,7-10H2,1H3. The van der Waals surface area contributed by atoms with Crippen LogP contribution in [0.5, 0.6) is 0 Å². The van der Waals surface area contributed by atoms with Crippen LogP contribution in [0.25, 0.3) is 0 Å². The Kier molecular flexibility index (Phi) is 3.17. The Hall–Kier alpha value is -0.860. The van der Waals surface area contributed by atoms with Gasteiger partial charge in [0.25, 0.3) is 0 Å². The Balaban J connectivity index is 1.75. The van der Waals surface area contributed by atoms with E-state index in [1.807, 2.05) is 0 Å². The van der Waals surface area contributed by atoms with Crippen molar-refractivity contribution in [3.63, 3.8) is 0 Å². The average molecular weight is 230 g/mol. The van der Waals surface area contributed by atoms with Gasteiger partial charge in [-0.15, -0.1) is 0 Å². The second-order valence-electron chi connectivity index (χ2n) is 5.39. The molecule has 0 bridgehead atoms. The summed E-state index contributed by atoms with van der Waals surface area (Å²) in [5, 5.41) is 7.36. The molecule has 1 aromatic carbocycles. The normalized spacial score (nSPS) is 31.7. The van der Waals surface area contributed by atoms with Gasteiger partial charge in [0.15, 0.2) is 0 Å². The molecule has 1 fully saturated rings. The summed E-state index contributed by atoms with van der Waals surface area (Å²) in [4.78, 5) is 0. The van der Waals surface area contributed by atoms with Gasteiger partial charge in [0.05, 0.1) is 0 Å². The molecule has 0 radical (unpaired) electrons. The fourth-order valence-corrected chi connectivity index (χ4v) is 2.99. The number of benzene rings is 1. The molecule has 3 unspecified atom stereocenters. The van der Waals surface area contributed by atoms with Crippen LogP contribution in [0, 0.1) is 5.92 Å². The van der Waals surface area contributed by atoms with Gasteiger partial charge in [0.2, 0.25) is 0 Å². The van der Waals surface area contributed by atoms with Crippen molar-refractivity contribution in [2.75, 3.05) is 6.54 Å². The molecular weight excluding hydrogens is 208 g/mol. The molecule has 1 aromatic rings. The van der Waals surface area contributed by atoms with Crippen molar-refractivity contribution in [1.82, 2.24) is 10.6 Å². The summed E-state index contributed by atoms with van der Waals surface area (Å²) in [6, 6.07) is 10.2. The maximum absolute atomic E-state index is 3.85. The van der Waals surface area contributed by atoms with Crippen LogP contribution >= 0.6 is 0 Å². The lowest BCUT2D eigenvalue weighted by Gasteiger charge is -2.19. The summed E-state index contributed by atoms with van der Waals surface area (Å²) in [7, 11) is 0. The third-order valence-electron chi connectivity index (χ3n) is 4.22. The molecule has 17 heavy (non-hydrogen) atoms. The number of rotatable bonds is 3. The minimum Gasteiger partial charge on any atom is -0.313 e. The van der Waals surface area contributed by atoms with Gasteiger partial charge in [-0.25, -0.2) is 0 Å². The molecule has 2 aliphatic rings. The molecule has 0 saturated heterocycles. The van der Waals surface area contributed by atoms with E-state index in [1.54, 1.807) is 0 Å². The molecular formula is C15H22N2. The zero-order valence-electron chi connectivity index (χ0n) is 10.6. The second kappa shape index (κ2) is 4.79. The second-order valence-corrected chi connectivity index (χ2v) is 5.39. The summed E-state index contributed by atoms with van der Waals surface area (Å²) >= 11 is 0. The maximum Gasteiger partial charge on any atom is 0.0338 e. The van der Waals surface area contributed by atoms with Crippen LogP contribution in [0.3, 0.4) is 0 Å². The van der Waals surface area contributed by atoms with E-state index < -0.39 is 0 Å². The Labute approximate surface area is 104 Å². The molecule has 0 aromatic heterocycles. The van der Waals surface area contributed by atoms with Crippen molar-refractivity contribution in [3.05, 3.63) is 35.4 Å². The molecule has 2 nitrogen and oxygen atoms in total. The highest BCUT2D eigenvalue weighted by Crippen LogP contribution is 2.36. The summed E-state index contributed by atoms with van der Waals surface area (Å²) < 4.78 is 0. The summed E-state index contributed by atoms with van der Waals surface area (Å²) in [5.41, 5.74) is 2.98. The van der Waals surface area contributed by atoms with Crippen molar-refractivity contribution < 1.29 is 0 Å². The molecule has 1 aliphatic carbocycles. The van der Waals surface area contributed by atoms with Crippen molar-refractivity contribution in [2.45, 2.75) is 44.8 Å². The predicted octanol–water partition coefficient (Wildman–Crippen LogP) is 2.61. The van der Waals surface area contributed by atoms with Gasteiger partial charge in [0.1, 0.15) is 0 Å². The maximum atomic E-state index is 3.85. The topological polar surface area (TPSA) is 24.1 Å². The summed E-state index contributed by atoms with van der Waals surface area (Å²) in [5.74, 6) is 0.929. The fraction of sp³-hybridized carbons (Fsp3) is 0.600. The van der Waals surface area contributed by atoms with Gasteiger partial charge >= 0.3 is 0 Å². The van der Waals surface area contributed by atoms with E-state index in [0.717, 1.165) is 25.0 Å². The van der Waals surface area contributed by atoms with Crippen molar-refractivity contribution in [2.24, 2.45) is 5.92 Å². The van der Waals surface area contributed by atoms with Crippen LogP contribution in [0.1, 0.15) is 43.4 Å². The summed E-state index contributed by atoms with van der Waals surface area (Å²) in [6.45, 7) is 4.45. The average Bonchev–Trinajstić information content (AvgIpc) is 3.14. The van der Waals surface area contributed by atoms with Gasteiger partial charge in [-0.05, 0) is 36.4 Å². The SMILES string of the molecule is CCC1CC1NC1CCNCc2ccccc21. The van der Waals surface area contributed by atoms with E-state index in [4.69, 9.17) is 0 Å². The molecule has 0 amide bonds.